The fraction of sp³-hybridized carbons (Fsp3) is 0.645. The second kappa shape index (κ2) is 13.6. The molecule has 1 aliphatic rings. The van der Waals surface area contributed by atoms with E-state index in [1.807, 2.05) is 0 Å². The normalized spacial score (nSPS) is 15.5. The molecule has 1 saturated heterocycles. The zero-order valence-electron chi connectivity index (χ0n) is 22.3. The summed E-state index contributed by atoms with van der Waals surface area (Å²) in [5.74, 6) is 2.88. The van der Waals surface area contributed by atoms with Crippen molar-refractivity contribution in [3.63, 3.8) is 0 Å². The molecular formula is C31H48N2. The Bertz CT molecular complexity index is 810. The largest absolute Gasteiger partial charge is 0.372 e. The van der Waals surface area contributed by atoms with E-state index in [4.69, 9.17) is 0 Å². The van der Waals surface area contributed by atoms with Gasteiger partial charge in [0.25, 0.3) is 0 Å². The predicted molar refractivity (Wildman–Crippen MR) is 144 cm³/mol. The topological polar surface area (TPSA) is 27.0 Å². The molecule has 0 N–H and O–H groups in total. The van der Waals surface area contributed by atoms with E-state index in [1.165, 1.54) is 55.2 Å². The zero-order valence-corrected chi connectivity index (χ0v) is 22.3. The summed E-state index contributed by atoms with van der Waals surface area (Å²) >= 11 is 0. The van der Waals surface area contributed by atoms with Crippen LogP contribution < -0.4 is 0 Å². The van der Waals surface area contributed by atoms with Gasteiger partial charge < -0.3 is 4.90 Å². The molecule has 0 bridgehead atoms. The smallest absolute Gasteiger partial charge is 0.0669 e. The highest BCUT2D eigenvalue weighted by molar-refractivity contribution is 5.63. The van der Waals surface area contributed by atoms with Crippen LogP contribution in [0.5, 0.6) is 0 Å². The highest BCUT2D eigenvalue weighted by atomic mass is 15.1. The van der Waals surface area contributed by atoms with Gasteiger partial charge in [-0.2, -0.15) is 5.26 Å². The second-order valence-corrected chi connectivity index (χ2v) is 11.0. The van der Waals surface area contributed by atoms with Crippen LogP contribution in [0.2, 0.25) is 0 Å². The van der Waals surface area contributed by atoms with Crippen LogP contribution in [0.4, 0.5) is 0 Å². The van der Waals surface area contributed by atoms with Gasteiger partial charge in [-0.3, -0.25) is 0 Å². The minimum atomic E-state index is 0.480. The Balaban J connectivity index is 2.02. The van der Waals surface area contributed by atoms with E-state index in [-0.39, 0.29) is 0 Å². The summed E-state index contributed by atoms with van der Waals surface area (Å²) in [5.41, 5.74) is 6.42. The lowest BCUT2D eigenvalue weighted by Crippen LogP contribution is -2.33. The molecule has 1 aromatic rings. The van der Waals surface area contributed by atoms with E-state index in [9.17, 15) is 5.26 Å². The van der Waals surface area contributed by atoms with Crippen molar-refractivity contribution in [1.82, 2.24) is 4.90 Å². The number of rotatable bonds is 12. The van der Waals surface area contributed by atoms with Crippen molar-refractivity contribution in [3.8, 4) is 6.07 Å². The Labute approximate surface area is 204 Å². The molecule has 0 aliphatic carbocycles. The standard InChI is InChI=1S/C31H48N2/c1-8-26(9-2)20-28(18-23(3)4)21-27-13-16-33(17-14-27)25(7)29-10-11-30(19-24(5)6)31(22-29)12-15-32/h10-11,20,22-24,27-28H,7-9,12-14,16-19,21H2,1-6H3/t28-/m1/s1. The van der Waals surface area contributed by atoms with Gasteiger partial charge in [0.05, 0.1) is 12.5 Å². The maximum Gasteiger partial charge on any atom is 0.0669 e. The molecule has 2 rings (SSSR count). The zero-order chi connectivity index (χ0) is 24.4. The van der Waals surface area contributed by atoms with Gasteiger partial charge in [0.2, 0.25) is 0 Å². The van der Waals surface area contributed by atoms with Crippen LogP contribution in [-0.2, 0) is 12.8 Å². The maximum atomic E-state index is 9.31. The molecule has 0 unspecified atom stereocenters. The van der Waals surface area contributed by atoms with E-state index in [2.05, 4.69) is 83.4 Å². The van der Waals surface area contributed by atoms with E-state index in [1.54, 1.807) is 5.57 Å². The molecule has 182 valence electrons. The second-order valence-electron chi connectivity index (χ2n) is 11.0. The van der Waals surface area contributed by atoms with Crippen LogP contribution in [0.1, 0.15) is 96.8 Å². The lowest BCUT2D eigenvalue weighted by atomic mass is 9.82. The summed E-state index contributed by atoms with van der Waals surface area (Å²) in [5, 5.41) is 9.31. The molecule has 0 radical (unpaired) electrons. The fourth-order valence-corrected chi connectivity index (χ4v) is 5.40. The summed E-state index contributed by atoms with van der Waals surface area (Å²) < 4.78 is 0. The highest BCUT2D eigenvalue weighted by Gasteiger charge is 2.24. The molecule has 0 amide bonds. The predicted octanol–water partition coefficient (Wildman–Crippen LogP) is 8.43. The average Bonchev–Trinajstić information content (AvgIpc) is 2.78. The monoisotopic (exact) mass is 448 g/mol. The SMILES string of the molecule is C=C(c1ccc(CC(C)C)c(CC#N)c1)N1CCC(C[C@@H](C=C(CC)CC)CC(C)C)CC1. The minimum Gasteiger partial charge on any atom is -0.372 e. The van der Waals surface area contributed by atoms with Crippen molar-refractivity contribution in [2.75, 3.05) is 13.1 Å². The number of benzene rings is 1. The van der Waals surface area contributed by atoms with Gasteiger partial charge >= 0.3 is 0 Å². The molecule has 33 heavy (non-hydrogen) atoms. The van der Waals surface area contributed by atoms with Gasteiger partial charge in [-0.25, -0.2) is 0 Å². The van der Waals surface area contributed by atoms with Crippen molar-refractivity contribution in [3.05, 3.63) is 53.1 Å². The van der Waals surface area contributed by atoms with Crippen LogP contribution in [0.3, 0.4) is 0 Å². The van der Waals surface area contributed by atoms with Gasteiger partial charge in [0.1, 0.15) is 0 Å². The summed E-state index contributed by atoms with van der Waals surface area (Å²) in [6.07, 6.45) is 11.6. The highest BCUT2D eigenvalue weighted by Crippen LogP contribution is 2.32. The summed E-state index contributed by atoms with van der Waals surface area (Å²) in [7, 11) is 0. The maximum absolute atomic E-state index is 9.31. The molecule has 2 nitrogen and oxygen atoms in total. The molecule has 2 heteroatoms. The molecule has 1 heterocycles. The van der Waals surface area contributed by atoms with Crippen molar-refractivity contribution in [2.45, 2.75) is 92.9 Å². The molecule has 1 atom stereocenters. The fourth-order valence-electron chi connectivity index (χ4n) is 5.40. The van der Waals surface area contributed by atoms with Crippen LogP contribution in [0.25, 0.3) is 5.70 Å². The first kappa shape index (κ1) is 27.2. The number of hydrogen-bond donors (Lipinski definition) is 0. The number of nitrogens with zero attached hydrogens (tertiary/aromatic N) is 2. The van der Waals surface area contributed by atoms with E-state index in [0.29, 0.717) is 12.3 Å². The van der Waals surface area contributed by atoms with Crippen LogP contribution >= 0.6 is 0 Å². The lowest BCUT2D eigenvalue weighted by Gasteiger charge is -2.36. The van der Waals surface area contributed by atoms with Gasteiger partial charge in [0, 0.05) is 18.8 Å². The summed E-state index contributed by atoms with van der Waals surface area (Å²) in [4.78, 5) is 2.47. The number of nitriles is 1. The number of piperidine rings is 1. The Morgan fingerprint density at radius 3 is 2.30 bits per heavy atom. The molecule has 1 aliphatic heterocycles. The lowest BCUT2D eigenvalue weighted by molar-refractivity contribution is 0.225. The Morgan fingerprint density at radius 1 is 1.09 bits per heavy atom. The summed E-state index contributed by atoms with van der Waals surface area (Å²) in [6.45, 7) is 20.4. The molecule has 1 fully saturated rings. The number of hydrogen-bond acceptors (Lipinski definition) is 2. The van der Waals surface area contributed by atoms with Crippen LogP contribution in [-0.4, -0.2) is 18.0 Å². The summed E-state index contributed by atoms with van der Waals surface area (Å²) in [6, 6.07) is 9.01. The van der Waals surface area contributed by atoms with E-state index >= 15 is 0 Å². The van der Waals surface area contributed by atoms with Gasteiger partial charge in [-0.05, 0) is 91.4 Å². The van der Waals surface area contributed by atoms with E-state index < -0.39 is 0 Å². The molecule has 0 saturated carbocycles. The van der Waals surface area contributed by atoms with Crippen molar-refractivity contribution in [2.24, 2.45) is 23.7 Å². The van der Waals surface area contributed by atoms with Gasteiger partial charge in [0.15, 0.2) is 0 Å². The Morgan fingerprint density at radius 2 is 1.76 bits per heavy atom. The van der Waals surface area contributed by atoms with Gasteiger partial charge in [-0.15, -0.1) is 0 Å². The third-order valence-electron chi connectivity index (χ3n) is 7.22. The van der Waals surface area contributed by atoms with Crippen LogP contribution in [0, 0.1) is 35.0 Å². The average molecular weight is 449 g/mol. The van der Waals surface area contributed by atoms with Crippen molar-refractivity contribution in [1.29, 1.82) is 5.26 Å². The van der Waals surface area contributed by atoms with Crippen LogP contribution in [0.15, 0.2) is 36.4 Å². The molecule has 0 spiro atoms. The molecular weight excluding hydrogens is 400 g/mol. The quantitative estimate of drug-likeness (QED) is 0.300. The molecule has 0 aromatic heterocycles. The number of allylic oxidation sites excluding steroid dienone is 2. The third-order valence-corrected chi connectivity index (χ3v) is 7.22. The number of likely N-dealkylation sites (tertiary alicyclic amines) is 1. The first-order valence-electron chi connectivity index (χ1n) is 13.4. The molecule has 1 aromatic carbocycles. The first-order valence-corrected chi connectivity index (χ1v) is 13.4. The third kappa shape index (κ3) is 8.69. The first-order chi connectivity index (χ1) is 15.8. The van der Waals surface area contributed by atoms with Gasteiger partial charge in [-0.1, -0.05) is 71.9 Å². The van der Waals surface area contributed by atoms with E-state index in [0.717, 1.165) is 43.0 Å². The Kier molecular flexibility index (Phi) is 11.3. The minimum absolute atomic E-state index is 0.480. The van der Waals surface area contributed by atoms with Crippen molar-refractivity contribution >= 4 is 5.70 Å². The Hall–Kier alpha value is -2.01. The van der Waals surface area contributed by atoms with Crippen molar-refractivity contribution < 1.29 is 0 Å².